The van der Waals surface area contributed by atoms with Gasteiger partial charge in [0.15, 0.2) is 0 Å². The van der Waals surface area contributed by atoms with Gasteiger partial charge in [0.05, 0.1) is 4.90 Å². The quantitative estimate of drug-likeness (QED) is 0.845. The van der Waals surface area contributed by atoms with E-state index in [2.05, 4.69) is 0 Å². The molecule has 0 amide bonds. The maximum atomic E-state index is 12.1. The van der Waals surface area contributed by atoms with Crippen molar-refractivity contribution in [3.8, 4) is 0 Å². The topological polar surface area (TPSA) is 74.7 Å². The Hall–Kier alpha value is -1.18. The van der Waals surface area contributed by atoms with Crippen LogP contribution in [0.5, 0.6) is 0 Å². The van der Waals surface area contributed by atoms with Crippen LogP contribution >= 0.6 is 11.3 Å². The molecule has 0 unspecified atom stereocenters. The van der Waals surface area contributed by atoms with E-state index in [9.17, 15) is 13.2 Å². The third kappa shape index (κ3) is 2.41. The molecule has 2 rings (SSSR count). The molecule has 0 saturated carbocycles. The molecule has 7 heteroatoms. The van der Waals surface area contributed by atoms with Crippen LogP contribution < -0.4 is 0 Å². The SMILES string of the molecule is O=C(O)c1cc(S(=O)(=O)N2CC=CCC2)cs1. The average Bonchev–Trinajstić information content (AvgIpc) is 2.80. The number of rotatable bonds is 3. The molecule has 1 aliphatic heterocycles. The van der Waals surface area contributed by atoms with E-state index in [0.717, 1.165) is 11.3 Å². The van der Waals surface area contributed by atoms with Gasteiger partial charge in [0.1, 0.15) is 4.88 Å². The summed E-state index contributed by atoms with van der Waals surface area (Å²) in [5, 5.41) is 10.1. The van der Waals surface area contributed by atoms with Gasteiger partial charge in [-0.2, -0.15) is 4.31 Å². The second kappa shape index (κ2) is 4.59. The first-order chi connectivity index (χ1) is 8.01. The van der Waals surface area contributed by atoms with Crippen LogP contribution in [-0.4, -0.2) is 36.9 Å². The summed E-state index contributed by atoms with van der Waals surface area (Å²) >= 11 is 0.925. The number of carboxylic acid groups (broad SMARTS) is 1. The first-order valence-electron chi connectivity index (χ1n) is 4.99. The molecule has 2 heterocycles. The number of nitrogens with zero attached hydrogens (tertiary/aromatic N) is 1. The van der Waals surface area contributed by atoms with Crippen LogP contribution in [0.15, 0.2) is 28.5 Å². The fourth-order valence-corrected chi connectivity index (χ4v) is 4.06. The van der Waals surface area contributed by atoms with Crippen LogP contribution in [0.3, 0.4) is 0 Å². The van der Waals surface area contributed by atoms with Crippen molar-refractivity contribution < 1.29 is 18.3 Å². The number of thiophene rings is 1. The smallest absolute Gasteiger partial charge is 0.345 e. The van der Waals surface area contributed by atoms with Gasteiger partial charge in [-0.15, -0.1) is 11.3 Å². The van der Waals surface area contributed by atoms with E-state index in [-0.39, 0.29) is 9.77 Å². The molecule has 1 N–H and O–H groups in total. The number of carbonyl (C=O) groups is 1. The highest BCUT2D eigenvalue weighted by Crippen LogP contribution is 2.23. The average molecular weight is 273 g/mol. The van der Waals surface area contributed by atoms with E-state index in [1.807, 2.05) is 6.08 Å². The molecule has 0 aliphatic carbocycles. The zero-order valence-electron chi connectivity index (χ0n) is 8.87. The van der Waals surface area contributed by atoms with Crippen molar-refractivity contribution in [3.05, 3.63) is 28.5 Å². The molecular weight excluding hydrogens is 262 g/mol. The molecule has 0 radical (unpaired) electrons. The molecule has 0 spiro atoms. The van der Waals surface area contributed by atoms with E-state index in [4.69, 9.17) is 5.11 Å². The molecule has 0 aromatic carbocycles. The zero-order valence-corrected chi connectivity index (χ0v) is 10.5. The standard InChI is InChI=1S/C10H11NO4S2/c12-10(13)9-6-8(7-16-9)17(14,15)11-4-2-1-3-5-11/h1-2,6-7H,3-5H2,(H,12,13). The van der Waals surface area contributed by atoms with E-state index in [1.54, 1.807) is 6.08 Å². The Morgan fingerprint density at radius 3 is 2.71 bits per heavy atom. The third-order valence-electron chi connectivity index (χ3n) is 2.44. The molecule has 1 aromatic heterocycles. The van der Waals surface area contributed by atoms with E-state index >= 15 is 0 Å². The van der Waals surface area contributed by atoms with Gasteiger partial charge in [0.25, 0.3) is 0 Å². The number of hydrogen-bond acceptors (Lipinski definition) is 4. The Labute approximate surface area is 103 Å². The molecule has 92 valence electrons. The van der Waals surface area contributed by atoms with Crippen molar-refractivity contribution >= 4 is 27.3 Å². The highest BCUT2D eigenvalue weighted by atomic mass is 32.2. The van der Waals surface area contributed by atoms with Crippen LogP contribution in [0.4, 0.5) is 0 Å². The van der Waals surface area contributed by atoms with Crippen molar-refractivity contribution in [2.45, 2.75) is 11.3 Å². The third-order valence-corrected chi connectivity index (χ3v) is 5.36. The molecule has 0 bridgehead atoms. The second-order valence-electron chi connectivity index (χ2n) is 3.57. The van der Waals surface area contributed by atoms with Gasteiger partial charge >= 0.3 is 5.97 Å². The predicted molar refractivity (Wildman–Crippen MR) is 63.8 cm³/mol. The van der Waals surface area contributed by atoms with Crippen molar-refractivity contribution in [1.82, 2.24) is 4.31 Å². The molecule has 0 fully saturated rings. The summed E-state index contributed by atoms with van der Waals surface area (Å²) in [4.78, 5) is 10.8. The van der Waals surface area contributed by atoms with E-state index in [0.29, 0.717) is 19.5 Å². The molecule has 5 nitrogen and oxygen atoms in total. The predicted octanol–water partition coefficient (Wildman–Crippen LogP) is 1.40. The normalized spacial score (nSPS) is 17.2. The Balaban J connectivity index is 2.30. The molecule has 0 atom stereocenters. The summed E-state index contributed by atoms with van der Waals surface area (Å²) in [6, 6.07) is 1.21. The van der Waals surface area contributed by atoms with Crippen LogP contribution in [-0.2, 0) is 10.0 Å². The number of carboxylic acids is 1. The fraction of sp³-hybridized carbons (Fsp3) is 0.300. The summed E-state index contributed by atoms with van der Waals surface area (Å²) in [6.45, 7) is 0.789. The fourth-order valence-electron chi connectivity index (χ4n) is 1.55. The number of sulfonamides is 1. The maximum Gasteiger partial charge on any atom is 0.345 e. The van der Waals surface area contributed by atoms with Gasteiger partial charge in [-0.3, -0.25) is 0 Å². The molecule has 1 aliphatic rings. The van der Waals surface area contributed by atoms with Crippen molar-refractivity contribution in [2.75, 3.05) is 13.1 Å². The summed E-state index contributed by atoms with van der Waals surface area (Å²) < 4.78 is 25.6. The Kier molecular flexibility index (Phi) is 3.32. The van der Waals surface area contributed by atoms with Gasteiger partial charge in [-0.25, -0.2) is 13.2 Å². The summed E-state index contributed by atoms with van der Waals surface area (Å²) in [6.07, 6.45) is 4.42. The largest absolute Gasteiger partial charge is 0.477 e. The Morgan fingerprint density at radius 2 is 2.18 bits per heavy atom. The van der Waals surface area contributed by atoms with Crippen molar-refractivity contribution in [2.24, 2.45) is 0 Å². The lowest BCUT2D eigenvalue weighted by molar-refractivity contribution is 0.0702. The summed E-state index contributed by atoms with van der Waals surface area (Å²) in [5.74, 6) is -1.10. The molecule has 17 heavy (non-hydrogen) atoms. The highest BCUT2D eigenvalue weighted by molar-refractivity contribution is 7.89. The van der Waals surface area contributed by atoms with Gasteiger partial charge in [0, 0.05) is 18.5 Å². The first-order valence-corrected chi connectivity index (χ1v) is 7.31. The van der Waals surface area contributed by atoms with E-state index in [1.165, 1.54) is 15.8 Å². The summed E-state index contributed by atoms with van der Waals surface area (Å²) in [7, 11) is -3.55. The van der Waals surface area contributed by atoms with Gasteiger partial charge in [-0.1, -0.05) is 12.2 Å². The Bertz CT molecular complexity index is 559. The minimum atomic E-state index is -3.55. The van der Waals surface area contributed by atoms with Crippen molar-refractivity contribution in [3.63, 3.8) is 0 Å². The van der Waals surface area contributed by atoms with E-state index < -0.39 is 16.0 Å². The van der Waals surface area contributed by atoms with Crippen LogP contribution in [0.1, 0.15) is 16.1 Å². The van der Waals surface area contributed by atoms with Gasteiger partial charge in [-0.05, 0) is 12.5 Å². The molecule has 1 aromatic rings. The molecular formula is C10H11NO4S2. The van der Waals surface area contributed by atoms with Gasteiger partial charge < -0.3 is 5.11 Å². The second-order valence-corrected chi connectivity index (χ2v) is 6.42. The minimum Gasteiger partial charge on any atom is -0.477 e. The number of hydrogen-bond donors (Lipinski definition) is 1. The van der Waals surface area contributed by atoms with Crippen molar-refractivity contribution in [1.29, 1.82) is 0 Å². The monoisotopic (exact) mass is 273 g/mol. The maximum absolute atomic E-state index is 12.1. The molecule has 0 saturated heterocycles. The lowest BCUT2D eigenvalue weighted by Gasteiger charge is -2.21. The van der Waals surface area contributed by atoms with Crippen LogP contribution in [0.25, 0.3) is 0 Å². The summed E-state index contributed by atoms with van der Waals surface area (Å²) in [5.41, 5.74) is 0. The van der Waals surface area contributed by atoms with Gasteiger partial charge in [0.2, 0.25) is 10.0 Å². The zero-order chi connectivity index (χ0) is 12.5. The lowest BCUT2D eigenvalue weighted by atomic mass is 10.3. The van der Waals surface area contributed by atoms with Crippen LogP contribution in [0, 0.1) is 0 Å². The highest BCUT2D eigenvalue weighted by Gasteiger charge is 2.26. The first kappa shape index (κ1) is 12.3. The lowest BCUT2D eigenvalue weighted by Crippen LogP contribution is -2.33. The van der Waals surface area contributed by atoms with Crippen LogP contribution in [0.2, 0.25) is 0 Å². The number of aromatic carboxylic acids is 1. The minimum absolute atomic E-state index is 0.0381. The Morgan fingerprint density at radius 1 is 1.41 bits per heavy atom.